The molecule has 1 aliphatic rings. The van der Waals surface area contributed by atoms with Gasteiger partial charge in [-0.25, -0.2) is 9.97 Å². The molecule has 142 valence electrons. The molecule has 2 aromatic heterocycles. The van der Waals surface area contributed by atoms with Crippen LogP contribution < -0.4 is 10.2 Å². The first-order valence-electron chi connectivity index (χ1n) is 8.63. The maximum Gasteiger partial charge on any atom is 0.240 e. The molecule has 26 heavy (non-hydrogen) atoms. The molecule has 0 amide bonds. The smallest absolute Gasteiger partial charge is 0.240 e. The molecule has 3 heterocycles. The minimum Gasteiger partial charge on any atom is -0.383 e. The summed E-state index contributed by atoms with van der Waals surface area (Å²) in [6.07, 6.45) is 2.33. The van der Waals surface area contributed by atoms with Crippen LogP contribution in [0.5, 0.6) is 0 Å². The zero-order chi connectivity index (χ0) is 18.5. The zero-order valence-electron chi connectivity index (χ0n) is 15.3. The van der Waals surface area contributed by atoms with Crippen molar-refractivity contribution in [3.05, 3.63) is 23.2 Å². The molecule has 1 saturated heterocycles. The summed E-state index contributed by atoms with van der Waals surface area (Å²) in [5, 5.41) is 7.51. The molecule has 10 heteroatoms. The van der Waals surface area contributed by atoms with Crippen molar-refractivity contribution in [2.75, 3.05) is 50.6 Å². The zero-order valence-corrected chi connectivity index (χ0v) is 16.0. The third-order valence-corrected chi connectivity index (χ3v) is 4.77. The predicted molar refractivity (Wildman–Crippen MR) is 98.4 cm³/mol. The van der Waals surface area contributed by atoms with Gasteiger partial charge < -0.3 is 19.5 Å². The monoisotopic (exact) mass is 381 g/mol. The topological polar surface area (TPSA) is 92.4 Å². The summed E-state index contributed by atoms with van der Waals surface area (Å²) in [6, 6.07) is 0. The number of ether oxygens (including phenoxy) is 1. The Morgan fingerprint density at radius 2 is 2.15 bits per heavy atom. The van der Waals surface area contributed by atoms with Crippen LogP contribution in [-0.4, -0.2) is 65.3 Å². The molecule has 1 N–H and O–H groups in total. The fourth-order valence-electron chi connectivity index (χ4n) is 2.95. The summed E-state index contributed by atoms with van der Waals surface area (Å²) in [7, 11) is 3.45. The van der Waals surface area contributed by atoms with Crippen molar-refractivity contribution in [1.82, 2.24) is 25.0 Å². The van der Waals surface area contributed by atoms with Crippen molar-refractivity contribution in [3.63, 3.8) is 0 Å². The Morgan fingerprint density at radius 1 is 1.31 bits per heavy atom. The number of anilines is 2. The second kappa shape index (κ2) is 8.61. The van der Waals surface area contributed by atoms with E-state index in [0.29, 0.717) is 23.4 Å². The number of methoxy groups -OCH3 is 1. The first-order chi connectivity index (χ1) is 12.6. The highest BCUT2D eigenvalue weighted by atomic mass is 35.5. The molecule has 0 aromatic carbocycles. The molecule has 0 radical (unpaired) electrons. The largest absolute Gasteiger partial charge is 0.383 e. The average Bonchev–Trinajstić information content (AvgIpc) is 2.99. The summed E-state index contributed by atoms with van der Waals surface area (Å²) in [5.41, 5.74) is 0.762. The van der Waals surface area contributed by atoms with E-state index >= 15 is 0 Å². The van der Waals surface area contributed by atoms with E-state index in [1.165, 1.54) is 6.33 Å². The highest BCUT2D eigenvalue weighted by Crippen LogP contribution is 2.29. The van der Waals surface area contributed by atoms with Crippen molar-refractivity contribution in [2.24, 2.45) is 0 Å². The van der Waals surface area contributed by atoms with Crippen molar-refractivity contribution >= 4 is 23.1 Å². The normalized spacial score (nSPS) is 17.2. The van der Waals surface area contributed by atoms with E-state index in [1.54, 1.807) is 7.11 Å². The summed E-state index contributed by atoms with van der Waals surface area (Å²) in [4.78, 5) is 17.4. The number of hydrogen-bond donors (Lipinski definition) is 1. The van der Waals surface area contributed by atoms with Crippen molar-refractivity contribution in [2.45, 2.75) is 26.0 Å². The van der Waals surface area contributed by atoms with E-state index in [1.807, 2.05) is 14.0 Å². The van der Waals surface area contributed by atoms with Crippen LogP contribution in [0.15, 0.2) is 10.9 Å². The molecule has 3 rings (SSSR count). The van der Waals surface area contributed by atoms with Crippen LogP contribution in [0.4, 0.5) is 11.5 Å². The number of halogens is 1. The molecular formula is C16H24ClN7O2. The molecule has 9 nitrogen and oxygen atoms in total. The molecule has 1 fully saturated rings. The first kappa shape index (κ1) is 18.8. The highest BCUT2D eigenvalue weighted by molar-refractivity contribution is 6.32. The fraction of sp³-hybridized carbons (Fsp3) is 0.625. The summed E-state index contributed by atoms with van der Waals surface area (Å²) < 4.78 is 10.6. The number of nitrogens with one attached hydrogen (secondary N) is 1. The van der Waals surface area contributed by atoms with Crippen LogP contribution in [0.1, 0.15) is 31.2 Å². The highest BCUT2D eigenvalue weighted by Gasteiger charge is 2.22. The van der Waals surface area contributed by atoms with Crippen molar-refractivity contribution < 1.29 is 9.26 Å². The molecule has 1 aliphatic heterocycles. The van der Waals surface area contributed by atoms with Gasteiger partial charge in [0.05, 0.1) is 6.54 Å². The Morgan fingerprint density at radius 3 is 2.92 bits per heavy atom. The molecule has 2 aromatic rings. The van der Waals surface area contributed by atoms with E-state index < -0.39 is 0 Å². The van der Waals surface area contributed by atoms with Crippen LogP contribution in [0.2, 0.25) is 5.15 Å². The number of hydrogen-bond acceptors (Lipinski definition) is 9. The Balaban J connectivity index is 1.64. The summed E-state index contributed by atoms with van der Waals surface area (Å²) in [6.45, 7) is 6.06. The number of nitrogens with zero attached hydrogens (tertiary/aromatic N) is 6. The van der Waals surface area contributed by atoms with E-state index in [9.17, 15) is 0 Å². The second-order valence-electron chi connectivity index (χ2n) is 6.15. The van der Waals surface area contributed by atoms with E-state index in [0.717, 1.165) is 44.1 Å². The van der Waals surface area contributed by atoms with Crippen LogP contribution in [0, 0.1) is 0 Å². The Labute approximate surface area is 157 Å². The van der Waals surface area contributed by atoms with E-state index in [4.69, 9.17) is 20.9 Å². The Hall–Kier alpha value is -1.97. The maximum atomic E-state index is 6.18. The molecule has 0 spiro atoms. The summed E-state index contributed by atoms with van der Waals surface area (Å²) in [5.74, 6) is 2.02. The minimum atomic E-state index is -0.172. The second-order valence-corrected chi connectivity index (χ2v) is 6.51. The lowest BCUT2D eigenvalue weighted by Crippen LogP contribution is -2.31. The molecule has 0 aliphatic carbocycles. The van der Waals surface area contributed by atoms with Gasteiger partial charge in [0.1, 0.15) is 18.1 Å². The molecular weight excluding hydrogens is 358 g/mol. The van der Waals surface area contributed by atoms with E-state index in [-0.39, 0.29) is 6.10 Å². The third-order valence-electron chi connectivity index (χ3n) is 4.48. The quantitative estimate of drug-likeness (QED) is 0.753. The van der Waals surface area contributed by atoms with Crippen LogP contribution in [0.3, 0.4) is 0 Å². The van der Waals surface area contributed by atoms with Gasteiger partial charge in [0, 0.05) is 40.3 Å². The lowest BCUT2D eigenvalue weighted by molar-refractivity contribution is 0.109. The van der Waals surface area contributed by atoms with Crippen LogP contribution >= 0.6 is 11.6 Å². The average molecular weight is 382 g/mol. The van der Waals surface area contributed by atoms with E-state index in [2.05, 4.69) is 35.2 Å². The van der Waals surface area contributed by atoms with Gasteiger partial charge in [0.15, 0.2) is 16.8 Å². The predicted octanol–water partition coefficient (Wildman–Crippen LogP) is 1.97. The van der Waals surface area contributed by atoms with Gasteiger partial charge >= 0.3 is 0 Å². The fourth-order valence-corrected chi connectivity index (χ4v) is 3.17. The molecule has 0 bridgehead atoms. The van der Waals surface area contributed by atoms with Gasteiger partial charge in [-0.3, -0.25) is 4.90 Å². The maximum absolute atomic E-state index is 6.18. The van der Waals surface area contributed by atoms with Crippen LogP contribution in [-0.2, 0) is 11.3 Å². The molecule has 0 saturated carbocycles. The van der Waals surface area contributed by atoms with Gasteiger partial charge in [0.2, 0.25) is 5.89 Å². The SMILES string of the molecule is CNc1c(Cl)ncnc1N1CCCN(Cc2nc(C(C)OC)no2)CC1. The third kappa shape index (κ3) is 4.22. The Bertz CT molecular complexity index is 726. The van der Waals surface area contributed by atoms with Gasteiger partial charge in [-0.2, -0.15) is 4.98 Å². The molecule has 1 unspecified atom stereocenters. The molecule has 1 atom stereocenters. The lowest BCUT2D eigenvalue weighted by Gasteiger charge is -2.24. The van der Waals surface area contributed by atoms with Crippen molar-refractivity contribution in [1.29, 1.82) is 0 Å². The van der Waals surface area contributed by atoms with Gasteiger partial charge in [-0.05, 0) is 13.3 Å². The number of aromatic nitrogens is 4. The standard InChI is InChI=1S/C16H24ClN7O2/c1-11(25-3)15-21-12(26-22-15)9-23-5-4-6-24(8-7-23)16-13(18-2)14(17)19-10-20-16/h10-11,18H,4-9H2,1-3H3. The lowest BCUT2D eigenvalue weighted by atomic mass is 10.3. The van der Waals surface area contributed by atoms with Gasteiger partial charge in [0.25, 0.3) is 0 Å². The number of rotatable bonds is 6. The van der Waals surface area contributed by atoms with Gasteiger partial charge in [-0.15, -0.1) is 0 Å². The summed E-state index contributed by atoms with van der Waals surface area (Å²) >= 11 is 6.18. The van der Waals surface area contributed by atoms with Crippen molar-refractivity contribution in [3.8, 4) is 0 Å². The minimum absolute atomic E-state index is 0.172. The Kier molecular flexibility index (Phi) is 6.23. The van der Waals surface area contributed by atoms with Gasteiger partial charge in [-0.1, -0.05) is 16.8 Å². The first-order valence-corrected chi connectivity index (χ1v) is 9.01. The van der Waals surface area contributed by atoms with Crippen LogP contribution in [0.25, 0.3) is 0 Å².